The number of fused-ring (bicyclic) bond motifs is 5. The molecule has 0 amide bonds. The fourth-order valence-corrected chi connectivity index (χ4v) is 8.82. The summed E-state index contributed by atoms with van der Waals surface area (Å²) in [5.41, 5.74) is 1.89. The molecule has 1 heterocycles. The molecule has 4 heteroatoms. The molecule has 7 atom stereocenters. The summed E-state index contributed by atoms with van der Waals surface area (Å²) in [5, 5.41) is 0. The third-order valence-electron chi connectivity index (χ3n) is 10.6. The Labute approximate surface area is 204 Å². The molecule has 34 heavy (non-hydrogen) atoms. The zero-order valence-electron chi connectivity index (χ0n) is 21.6. The zero-order valence-corrected chi connectivity index (χ0v) is 21.6. The van der Waals surface area contributed by atoms with Crippen molar-refractivity contribution >= 4 is 11.8 Å². The third-order valence-corrected chi connectivity index (χ3v) is 10.6. The quantitative estimate of drug-likeness (QED) is 0.355. The molecule has 0 aliphatic heterocycles. The first kappa shape index (κ1) is 23.6. The van der Waals surface area contributed by atoms with Gasteiger partial charge in [-0.05, 0) is 78.4 Å². The Hall–Kier alpha value is -2.10. The van der Waals surface area contributed by atoms with E-state index in [0.29, 0.717) is 18.3 Å². The Morgan fingerprint density at radius 2 is 1.94 bits per heavy atom. The monoisotopic (exact) mass is 464 g/mol. The van der Waals surface area contributed by atoms with E-state index >= 15 is 0 Å². The van der Waals surface area contributed by atoms with Gasteiger partial charge in [0.25, 0.3) is 0 Å². The average Bonchev–Trinajstić information content (AvgIpc) is 3.41. The summed E-state index contributed by atoms with van der Waals surface area (Å²) in [6.07, 6.45) is 15.0. The van der Waals surface area contributed by atoms with Gasteiger partial charge in [0, 0.05) is 17.3 Å². The van der Waals surface area contributed by atoms with Crippen molar-refractivity contribution in [2.24, 2.45) is 33.5 Å². The Balaban J connectivity index is 1.62. The highest BCUT2D eigenvalue weighted by Gasteiger charge is 2.68. The lowest BCUT2D eigenvalue weighted by Gasteiger charge is -2.66. The van der Waals surface area contributed by atoms with Gasteiger partial charge >= 0.3 is 5.97 Å². The standard InChI is InChI=1S/C30H40O4/c1-7-8-26(32)34-25-17-23-27(2,3)24(31)12-15-29(23,5)22-11-14-28(4)20(19-13-16-33-18-19)9-10-21(28)30(22,25)6/h10,12-13,15-16,18,20,22-23,25H,7-9,11,14,17H2,1-6H3/t20-,22?,23?,25+,28-,29+,30-/m0/s1. The summed E-state index contributed by atoms with van der Waals surface area (Å²) in [5.74, 6) is 0.925. The molecule has 2 saturated carbocycles. The lowest BCUT2D eigenvalue weighted by molar-refractivity contribution is -0.188. The molecule has 1 aromatic heterocycles. The maximum absolute atomic E-state index is 13.0. The number of esters is 1. The first-order valence-electron chi connectivity index (χ1n) is 13.2. The van der Waals surface area contributed by atoms with Crippen molar-refractivity contribution in [3.05, 3.63) is 48.0 Å². The van der Waals surface area contributed by atoms with E-state index in [0.717, 1.165) is 32.1 Å². The van der Waals surface area contributed by atoms with Gasteiger partial charge in [0.1, 0.15) is 6.10 Å². The Morgan fingerprint density at radius 3 is 2.62 bits per heavy atom. The average molecular weight is 465 g/mol. The van der Waals surface area contributed by atoms with E-state index in [1.807, 2.05) is 19.3 Å². The highest BCUT2D eigenvalue weighted by atomic mass is 16.5. The molecule has 0 N–H and O–H groups in total. The topological polar surface area (TPSA) is 56.5 Å². The fourth-order valence-electron chi connectivity index (χ4n) is 8.82. The summed E-state index contributed by atoms with van der Waals surface area (Å²) in [6.45, 7) is 13.3. The number of carbonyl (C=O) groups excluding carboxylic acids is 2. The van der Waals surface area contributed by atoms with Gasteiger partial charge in [-0.25, -0.2) is 0 Å². The smallest absolute Gasteiger partial charge is 0.306 e. The highest BCUT2D eigenvalue weighted by molar-refractivity contribution is 5.95. The summed E-state index contributed by atoms with van der Waals surface area (Å²) in [7, 11) is 0. The number of rotatable bonds is 4. The molecular weight excluding hydrogens is 424 g/mol. The lowest BCUT2D eigenvalue weighted by atomic mass is 9.38. The molecule has 0 spiro atoms. The van der Waals surface area contributed by atoms with Crippen LogP contribution in [0.3, 0.4) is 0 Å². The predicted molar refractivity (Wildman–Crippen MR) is 132 cm³/mol. The van der Waals surface area contributed by atoms with Crippen LogP contribution in [0.25, 0.3) is 0 Å². The van der Waals surface area contributed by atoms with E-state index in [1.165, 1.54) is 11.1 Å². The van der Waals surface area contributed by atoms with E-state index in [4.69, 9.17) is 9.15 Å². The van der Waals surface area contributed by atoms with Crippen LogP contribution < -0.4 is 0 Å². The summed E-state index contributed by atoms with van der Waals surface area (Å²) in [4.78, 5) is 25.9. The van der Waals surface area contributed by atoms with Crippen molar-refractivity contribution in [1.82, 2.24) is 0 Å². The highest BCUT2D eigenvalue weighted by Crippen LogP contribution is 2.72. The molecule has 0 aromatic carbocycles. The van der Waals surface area contributed by atoms with E-state index in [2.05, 4.69) is 52.8 Å². The first-order chi connectivity index (χ1) is 16.0. The van der Waals surface area contributed by atoms with E-state index < -0.39 is 5.41 Å². The van der Waals surface area contributed by atoms with Gasteiger partial charge in [-0.15, -0.1) is 0 Å². The van der Waals surface area contributed by atoms with E-state index in [9.17, 15) is 9.59 Å². The minimum absolute atomic E-state index is 0.0114. The van der Waals surface area contributed by atoms with Crippen LogP contribution in [-0.2, 0) is 14.3 Å². The van der Waals surface area contributed by atoms with E-state index in [-0.39, 0.29) is 40.0 Å². The zero-order chi connectivity index (χ0) is 24.5. The largest absolute Gasteiger partial charge is 0.472 e. The van der Waals surface area contributed by atoms with Crippen LogP contribution in [0.4, 0.5) is 0 Å². The summed E-state index contributed by atoms with van der Waals surface area (Å²) >= 11 is 0. The van der Waals surface area contributed by atoms with Crippen LogP contribution >= 0.6 is 0 Å². The van der Waals surface area contributed by atoms with Crippen molar-refractivity contribution in [3.63, 3.8) is 0 Å². The van der Waals surface area contributed by atoms with E-state index in [1.54, 1.807) is 6.26 Å². The van der Waals surface area contributed by atoms with Crippen LogP contribution in [-0.4, -0.2) is 17.9 Å². The maximum atomic E-state index is 13.0. The second-order valence-electron chi connectivity index (χ2n) is 12.6. The predicted octanol–water partition coefficient (Wildman–Crippen LogP) is 7.02. The third kappa shape index (κ3) is 3.02. The number of hydrogen-bond donors (Lipinski definition) is 0. The van der Waals surface area contributed by atoms with Gasteiger partial charge in [-0.1, -0.05) is 59.3 Å². The molecule has 0 radical (unpaired) electrons. The van der Waals surface area contributed by atoms with Crippen molar-refractivity contribution in [3.8, 4) is 0 Å². The lowest BCUT2D eigenvalue weighted by Crippen LogP contribution is -2.64. The SMILES string of the molecule is CCCC(=O)O[C@@H]1CC2C(C)(C)C(=O)C=C[C@]2(C)C2CC[C@]3(C)C(=CC[C@H]3c3ccoc3)[C@@]21C. The molecule has 4 nitrogen and oxygen atoms in total. The number of hydrogen-bond acceptors (Lipinski definition) is 4. The van der Waals surface area contributed by atoms with Gasteiger partial charge in [0.15, 0.2) is 5.78 Å². The van der Waals surface area contributed by atoms with Gasteiger partial charge in [-0.3, -0.25) is 9.59 Å². The second-order valence-corrected chi connectivity index (χ2v) is 12.6. The van der Waals surface area contributed by atoms with Crippen molar-refractivity contribution in [2.75, 3.05) is 0 Å². The van der Waals surface area contributed by atoms with Gasteiger partial charge in [0.2, 0.25) is 0 Å². The molecule has 4 aliphatic rings. The van der Waals surface area contributed by atoms with Crippen LogP contribution in [0.15, 0.2) is 46.8 Å². The van der Waals surface area contributed by atoms with Gasteiger partial charge in [-0.2, -0.15) is 0 Å². The van der Waals surface area contributed by atoms with Crippen LogP contribution in [0.2, 0.25) is 0 Å². The normalized spacial score (nSPS) is 42.4. The molecule has 0 bridgehead atoms. The Bertz CT molecular complexity index is 1050. The second kappa shape index (κ2) is 7.70. The van der Waals surface area contributed by atoms with Crippen LogP contribution in [0.1, 0.15) is 91.5 Å². The summed E-state index contributed by atoms with van der Waals surface area (Å²) < 4.78 is 11.8. The minimum atomic E-state index is -0.468. The maximum Gasteiger partial charge on any atom is 0.306 e. The molecule has 2 fully saturated rings. The number of ether oxygens (including phenoxy) is 1. The first-order valence-corrected chi connectivity index (χ1v) is 13.2. The van der Waals surface area contributed by atoms with Crippen molar-refractivity contribution in [2.45, 2.75) is 92.1 Å². The van der Waals surface area contributed by atoms with Gasteiger partial charge < -0.3 is 9.15 Å². The molecule has 5 rings (SSSR count). The number of carbonyl (C=O) groups is 2. The van der Waals surface area contributed by atoms with Crippen LogP contribution in [0.5, 0.6) is 0 Å². The number of ketones is 1. The Kier molecular flexibility index (Phi) is 5.35. The Morgan fingerprint density at radius 1 is 1.18 bits per heavy atom. The summed E-state index contributed by atoms with van der Waals surface area (Å²) in [6, 6.07) is 2.11. The minimum Gasteiger partial charge on any atom is -0.472 e. The van der Waals surface area contributed by atoms with Gasteiger partial charge in [0.05, 0.1) is 12.5 Å². The number of allylic oxidation sites excluding steroid dienone is 3. The molecule has 2 unspecified atom stereocenters. The van der Waals surface area contributed by atoms with Crippen molar-refractivity contribution < 1.29 is 18.7 Å². The molecule has 4 aliphatic carbocycles. The molecule has 184 valence electrons. The molecule has 0 saturated heterocycles. The fraction of sp³-hybridized carbons (Fsp3) is 0.667. The van der Waals surface area contributed by atoms with Crippen LogP contribution in [0, 0.1) is 33.5 Å². The van der Waals surface area contributed by atoms with Crippen molar-refractivity contribution in [1.29, 1.82) is 0 Å². The molecular formula is C30H40O4. The molecule has 1 aromatic rings. The number of furan rings is 1.